The summed E-state index contributed by atoms with van der Waals surface area (Å²) in [6.45, 7) is 8.24. The van der Waals surface area contributed by atoms with E-state index < -0.39 is 12.6 Å². The zero-order valence-electron chi connectivity index (χ0n) is 12.4. The summed E-state index contributed by atoms with van der Waals surface area (Å²) in [4.78, 5) is 13.0. The maximum Gasteiger partial charge on any atom is 0.219 e. The molecule has 1 saturated heterocycles. The molecule has 0 bridgehead atoms. The maximum absolute atomic E-state index is 11.4. The molecule has 1 fully saturated rings. The SMILES string of the molecule is [2H]C([2H])([2H])OC1(C(C)(C)C)CCN(C(C)=O)C1. The minimum atomic E-state index is -2.43. The molecule has 0 saturated carbocycles. The van der Waals surface area contributed by atoms with Gasteiger partial charge >= 0.3 is 0 Å². The average Bonchev–Trinajstić information content (AvgIpc) is 2.45. The number of hydrogen-bond acceptors (Lipinski definition) is 2. The molecule has 0 aromatic rings. The van der Waals surface area contributed by atoms with Crippen molar-refractivity contribution in [1.29, 1.82) is 0 Å². The normalized spacial score (nSPS) is 32.3. The molecule has 3 nitrogen and oxygen atoms in total. The second-order valence-corrected chi connectivity index (χ2v) is 5.04. The van der Waals surface area contributed by atoms with Gasteiger partial charge in [0.05, 0.1) is 16.3 Å². The molecular formula is C11H21NO2. The molecule has 14 heavy (non-hydrogen) atoms. The summed E-state index contributed by atoms with van der Waals surface area (Å²) in [6, 6.07) is 0. The summed E-state index contributed by atoms with van der Waals surface area (Å²) in [6.07, 6.45) is 0.564. The van der Waals surface area contributed by atoms with E-state index in [1.54, 1.807) is 4.90 Å². The van der Waals surface area contributed by atoms with Crippen LogP contribution in [0.5, 0.6) is 0 Å². The van der Waals surface area contributed by atoms with E-state index in [2.05, 4.69) is 0 Å². The summed E-state index contributed by atoms with van der Waals surface area (Å²) < 4.78 is 27.2. The Morgan fingerprint density at radius 1 is 1.57 bits per heavy atom. The Morgan fingerprint density at radius 2 is 2.21 bits per heavy atom. The van der Waals surface area contributed by atoms with E-state index in [0.717, 1.165) is 0 Å². The fourth-order valence-electron chi connectivity index (χ4n) is 1.90. The van der Waals surface area contributed by atoms with Gasteiger partial charge in [0.2, 0.25) is 5.91 Å². The molecule has 0 radical (unpaired) electrons. The summed E-state index contributed by atoms with van der Waals surface area (Å²) in [5.41, 5.74) is -1.12. The molecular weight excluding hydrogens is 178 g/mol. The van der Waals surface area contributed by atoms with Crippen LogP contribution in [-0.2, 0) is 9.53 Å². The van der Waals surface area contributed by atoms with Crippen molar-refractivity contribution in [2.75, 3.05) is 20.1 Å². The third-order valence-corrected chi connectivity index (χ3v) is 3.24. The lowest BCUT2D eigenvalue weighted by Gasteiger charge is -2.40. The third kappa shape index (κ3) is 1.78. The first kappa shape index (κ1) is 7.69. The highest BCUT2D eigenvalue weighted by molar-refractivity contribution is 5.73. The molecule has 1 aliphatic rings. The molecule has 0 aromatic heterocycles. The standard InChI is InChI=1S/C11H21NO2/c1-9(13)12-7-6-11(8-12,14-5)10(2,3)4/h6-8H2,1-5H3/i5D3. The van der Waals surface area contributed by atoms with E-state index in [-0.39, 0.29) is 11.3 Å². The van der Waals surface area contributed by atoms with Crippen molar-refractivity contribution in [1.82, 2.24) is 4.90 Å². The first-order chi connectivity index (χ1) is 7.47. The first-order valence-electron chi connectivity index (χ1n) is 6.43. The Labute approximate surface area is 90.6 Å². The summed E-state index contributed by atoms with van der Waals surface area (Å²) >= 11 is 0. The molecule has 1 rings (SSSR count). The lowest BCUT2D eigenvalue weighted by Crippen LogP contribution is -2.47. The average molecular weight is 202 g/mol. The van der Waals surface area contributed by atoms with Crippen molar-refractivity contribution < 1.29 is 13.6 Å². The van der Waals surface area contributed by atoms with Crippen LogP contribution in [-0.4, -0.2) is 36.5 Å². The van der Waals surface area contributed by atoms with E-state index in [0.29, 0.717) is 19.5 Å². The highest BCUT2D eigenvalue weighted by atomic mass is 16.5. The summed E-state index contributed by atoms with van der Waals surface area (Å²) in [5.74, 6) is -0.0368. The van der Waals surface area contributed by atoms with Gasteiger partial charge in [-0.15, -0.1) is 0 Å². The van der Waals surface area contributed by atoms with E-state index in [9.17, 15) is 4.79 Å². The molecule has 1 aliphatic heterocycles. The second kappa shape index (κ2) is 3.54. The van der Waals surface area contributed by atoms with Crippen molar-refractivity contribution >= 4 is 5.91 Å². The van der Waals surface area contributed by atoms with Gasteiger partial charge in [-0.2, -0.15) is 0 Å². The van der Waals surface area contributed by atoms with Crippen LogP contribution >= 0.6 is 0 Å². The van der Waals surface area contributed by atoms with Gasteiger partial charge in [0, 0.05) is 20.5 Å². The summed E-state index contributed by atoms with van der Waals surface area (Å²) in [5, 5.41) is 0. The van der Waals surface area contributed by atoms with Crippen LogP contribution in [0.15, 0.2) is 0 Å². The largest absolute Gasteiger partial charge is 0.376 e. The first-order valence-corrected chi connectivity index (χ1v) is 4.93. The van der Waals surface area contributed by atoms with Gasteiger partial charge in [-0.3, -0.25) is 4.79 Å². The smallest absolute Gasteiger partial charge is 0.219 e. The number of amides is 1. The predicted molar refractivity (Wildman–Crippen MR) is 56.1 cm³/mol. The molecule has 82 valence electrons. The van der Waals surface area contributed by atoms with Crippen LogP contribution in [0.1, 0.15) is 38.2 Å². The molecule has 0 aliphatic carbocycles. The molecule has 3 heteroatoms. The number of ether oxygens (including phenoxy) is 1. The number of carbonyl (C=O) groups excluding carboxylic acids is 1. The molecule has 0 aromatic carbocycles. The predicted octanol–water partition coefficient (Wildman–Crippen LogP) is 1.67. The summed E-state index contributed by atoms with van der Waals surface area (Å²) in [7, 11) is -2.43. The fraction of sp³-hybridized carbons (Fsp3) is 0.909. The number of rotatable bonds is 1. The molecule has 1 amide bonds. The lowest BCUT2D eigenvalue weighted by atomic mass is 9.75. The molecule has 1 heterocycles. The van der Waals surface area contributed by atoms with Crippen LogP contribution in [0.25, 0.3) is 0 Å². The Kier molecular flexibility index (Phi) is 1.94. The second-order valence-electron chi connectivity index (χ2n) is 5.04. The highest BCUT2D eigenvalue weighted by Crippen LogP contribution is 2.40. The number of methoxy groups -OCH3 is 1. The van der Waals surface area contributed by atoms with Gasteiger partial charge in [0.25, 0.3) is 0 Å². The van der Waals surface area contributed by atoms with Crippen molar-refractivity contribution in [2.45, 2.75) is 39.7 Å². The number of carbonyl (C=O) groups is 1. The Bertz CT molecular complexity index is 309. The van der Waals surface area contributed by atoms with Crippen LogP contribution in [0.2, 0.25) is 0 Å². The van der Waals surface area contributed by atoms with Crippen LogP contribution in [0.4, 0.5) is 0 Å². The van der Waals surface area contributed by atoms with Gasteiger partial charge in [-0.05, 0) is 11.8 Å². The van der Waals surface area contributed by atoms with E-state index >= 15 is 0 Å². The minimum absolute atomic E-state index is 0.0368. The van der Waals surface area contributed by atoms with Crippen molar-refractivity contribution in [2.24, 2.45) is 5.41 Å². The van der Waals surface area contributed by atoms with Crippen LogP contribution in [0.3, 0.4) is 0 Å². The van der Waals surface area contributed by atoms with Gasteiger partial charge in [-0.1, -0.05) is 20.8 Å². The van der Waals surface area contributed by atoms with Gasteiger partial charge in [0.1, 0.15) is 0 Å². The minimum Gasteiger partial charge on any atom is -0.376 e. The highest BCUT2D eigenvalue weighted by Gasteiger charge is 2.47. The lowest BCUT2D eigenvalue weighted by molar-refractivity contribution is -0.131. The monoisotopic (exact) mass is 202 g/mol. The number of hydrogen-bond donors (Lipinski definition) is 0. The van der Waals surface area contributed by atoms with E-state index in [1.807, 2.05) is 20.8 Å². The van der Waals surface area contributed by atoms with Crippen molar-refractivity contribution in [3.8, 4) is 0 Å². The Hall–Kier alpha value is -0.570. The molecule has 0 N–H and O–H groups in total. The zero-order chi connectivity index (χ0) is 13.5. The van der Waals surface area contributed by atoms with Gasteiger partial charge in [0.15, 0.2) is 0 Å². The third-order valence-electron chi connectivity index (χ3n) is 3.24. The van der Waals surface area contributed by atoms with Gasteiger partial charge < -0.3 is 9.64 Å². The molecule has 1 unspecified atom stereocenters. The Morgan fingerprint density at radius 3 is 2.57 bits per heavy atom. The van der Waals surface area contributed by atoms with Crippen LogP contribution < -0.4 is 0 Å². The molecule has 0 spiro atoms. The zero-order valence-corrected chi connectivity index (χ0v) is 9.39. The van der Waals surface area contributed by atoms with E-state index in [1.165, 1.54) is 6.92 Å². The van der Waals surface area contributed by atoms with Crippen molar-refractivity contribution in [3.05, 3.63) is 0 Å². The van der Waals surface area contributed by atoms with Crippen LogP contribution in [0, 0.1) is 5.41 Å². The number of likely N-dealkylation sites (tertiary alicyclic amines) is 1. The molecule has 1 atom stereocenters. The topological polar surface area (TPSA) is 29.5 Å². The van der Waals surface area contributed by atoms with E-state index in [4.69, 9.17) is 8.85 Å². The quantitative estimate of drug-likeness (QED) is 0.647. The maximum atomic E-state index is 11.4. The van der Waals surface area contributed by atoms with Crippen molar-refractivity contribution in [3.63, 3.8) is 0 Å². The number of nitrogens with zero attached hydrogens (tertiary/aromatic N) is 1. The Balaban J connectivity index is 2.95. The van der Waals surface area contributed by atoms with Gasteiger partial charge in [-0.25, -0.2) is 0 Å². The fourth-order valence-corrected chi connectivity index (χ4v) is 1.90.